The molecule has 0 aliphatic rings. The van der Waals surface area contributed by atoms with E-state index in [4.69, 9.17) is 14.8 Å². The summed E-state index contributed by atoms with van der Waals surface area (Å²) >= 11 is 0. The molecule has 0 amide bonds. The second-order valence-electron chi connectivity index (χ2n) is 3.56. The Labute approximate surface area is 101 Å². The van der Waals surface area contributed by atoms with Gasteiger partial charge in [0, 0.05) is 13.1 Å². The molecule has 0 saturated carbocycles. The van der Waals surface area contributed by atoms with Gasteiger partial charge in [-0.15, -0.1) is 0 Å². The van der Waals surface area contributed by atoms with Crippen LogP contribution >= 0.6 is 0 Å². The maximum absolute atomic E-state index is 10.5. The van der Waals surface area contributed by atoms with E-state index in [0.717, 1.165) is 0 Å². The second-order valence-corrected chi connectivity index (χ2v) is 6.70. The lowest BCUT2D eigenvalue weighted by Gasteiger charge is -2.20. The van der Waals surface area contributed by atoms with Crippen LogP contribution in [0.15, 0.2) is 0 Å². The Morgan fingerprint density at radius 3 is 1.59 bits per heavy atom. The van der Waals surface area contributed by atoms with Crippen molar-refractivity contribution in [1.82, 2.24) is 4.90 Å². The first-order chi connectivity index (χ1) is 7.64. The van der Waals surface area contributed by atoms with E-state index >= 15 is 0 Å². The fraction of sp³-hybridized carbons (Fsp3) is 1.00. The van der Waals surface area contributed by atoms with Crippen LogP contribution < -0.4 is 5.73 Å². The largest absolute Gasteiger partial charge is 0.330 e. The SMILES string of the molecule is NCCCN(CCS(=O)(=O)O)CCS(=O)(=O)O. The van der Waals surface area contributed by atoms with E-state index in [2.05, 4.69) is 0 Å². The lowest BCUT2D eigenvalue weighted by atomic mass is 10.4. The van der Waals surface area contributed by atoms with Gasteiger partial charge in [0.1, 0.15) is 0 Å². The molecule has 0 aliphatic heterocycles. The van der Waals surface area contributed by atoms with E-state index in [1.54, 1.807) is 0 Å². The molecule has 0 unspecified atom stereocenters. The van der Waals surface area contributed by atoms with Crippen molar-refractivity contribution in [2.45, 2.75) is 6.42 Å². The summed E-state index contributed by atoms with van der Waals surface area (Å²) in [5, 5.41) is 0. The van der Waals surface area contributed by atoms with Crippen LogP contribution in [-0.4, -0.2) is 68.5 Å². The summed E-state index contributed by atoms with van der Waals surface area (Å²) in [4.78, 5) is 1.51. The number of nitrogens with zero attached hydrogens (tertiary/aromatic N) is 1. The molecule has 0 spiro atoms. The van der Waals surface area contributed by atoms with E-state index in [1.807, 2.05) is 0 Å². The van der Waals surface area contributed by atoms with Gasteiger partial charge in [0.15, 0.2) is 0 Å². The number of hydrogen-bond acceptors (Lipinski definition) is 6. The van der Waals surface area contributed by atoms with E-state index in [1.165, 1.54) is 4.90 Å². The standard InChI is InChI=1S/C7H18N2O6S2/c8-2-1-3-9(4-6-16(10,11)12)5-7-17(13,14)15/h1-8H2,(H,10,11,12)(H,13,14,15). The topological polar surface area (TPSA) is 138 Å². The zero-order chi connectivity index (χ0) is 13.5. The minimum Gasteiger partial charge on any atom is -0.330 e. The normalized spacial score (nSPS) is 13.2. The first-order valence-electron chi connectivity index (χ1n) is 4.97. The van der Waals surface area contributed by atoms with Crippen molar-refractivity contribution in [3.05, 3.63) is 0 Å². The smallest absolute Gasteiger partial charge is 0.266 e. The molecule has 0 atom stereocenters. The molecule has 0 bridgehead atoms. The Morgan fingerprint density at radius 1 is 0.882 bits per heavy atom. The molecule has 0 saturated heterocycles. The van der Waals surface area contributed by atoms with Gasteiger partial charge < -0.3 is 10.6 Å². The predicted molar refractivity (Wildman–Crippen MR) is 62.9 cm³/mol. The molecule has 0 radical (unpaired) electrons. The highest BCUT2D eigenvalue weighted by molar-refractivity contribution is 7.86. The van der Waals surface area contributed by atoms with Crippen LogP contribution in [-0.2, 0) is 20.2 Å². The molecule has 0 fully saturated rings. The van der Waals surface area contributed by atoms with Crippen molar-refractivity contribution >= 4 is 20.2 Å². The minimum atomic E-state index is -4.08. The zero-order valence-corrected chi connectivity index (χ0v) is 11.0. The van der Waals surface area contributed by atoms with Crippen LogP contribution in [0.2, 0.25) is 0 Å². The molecule has 10 heteroatoms. The Morgan fingerprint density at radius 2 is 1.29 bits per heavy atom. The molecule has 0 rings (SSSR count). The molecule has 17 heavy (non-hydrogen) atoms. The predicted octanol–water partition coefficient (Wildman–Crippen LogP) is -1.59. The molecule has 0 aliphatic carbocycles. The zero-order valence-electron chi connectivity index (χ0n) is 9.32. The molecular weight excluding hydrogens is 272 g/mol. The van der Waals surface area contributed by atoms with Gasteiger partial charge in [-0.25, -0.2) is 0 Å². The number of nitrogens with two attached hydrogens (primary N) is 1. The first kappa shape index (κ1) is 16.7. The maximum atomic E-state index is 10.5. The van der Waals surface area contributed by atoms with Crippen molar-refractivity contribution in [3.8, 4) is 0 Å². The van der Waals surface area contributed by atoms with E-state index < -0.39 is 31.7 Å². The van der Waals surface area contributed by atoms with Gasteiger partial charge >= 0.3 is 0 Å². The average molecular weight is 290 g/mol. The molecule has 0 aromatic carbocycles. The molecule has 104 valence electrons. The Balaban J connectivity index is 4.23. The number of hydrogen-bond donors (Lipinski definition) is 3. The molecule has 0 heterocycles. The third-order valence-corrected chi connectivity index (χ3v) is 3.41. The van der Waals surface area contributed by atoms with Crippen LogP contribution in [0.5, 0.6) is 0 Å². The van der Waals surface area contributed by atoms with Crippen LogP contribution in [0.3, 0.4) is 0 Å². The maximum Gasteiger partial charge on any atom is 0.266 e. The molecule has 0 aromatic heterocycles. The van der Waals surface area contributed by atoms with Crippen LogP contribution in [0.1, 0.15) is 6.42 Å². The van der Waals surface area contributed by atoms with Gasteiger partial charge in [0.25, 0.3) is 20.2 Å². The second kappa shape index (κ2) is 7.24. The van der Waals surface area contributed by atoms with Gasteiger partial charge in [0.2, 0.25) is 0 Å². The molecule has 4 N–H and O–H groups in total. The van der Waals surface area contributed by atoms with Gasteiger partial charge in [-0.1, -0.05) is 0 Å². The van der Waals surface area contributed by atoms with Crippen molar-refractivity contribution in [1.29, 1.82) is 0 Å². The van der Waals surface area contributed by atoms with Crippen LogP contribution in [0, 0.1) is 0 Å². The summed E-state index contributed by atoms with van der Waals surface area (Å²) in [7, 11) is -8.17. The third-order valence-electron chi connectivity index (χ3n) is 2.01. The van der Waals surface area contributed by atoms with Gasteiger partial charge in [-0.2, -0.15) is 16.8 Å². The van der Waals surface area contributed by atoms with E-state index in [0.29, 0.717) is 19.5 Å². The minimum absolute atomic E-state index is 0.00560. The highest BCUT2D eigenvalue weighted by Crippen LogP contribution is 1.95. The highest BCUT2D eigenvalue weighted by atomic mass is 32.2. The Bertz CT molecular complexity index is 368. The summed E-state index contributed by atoms with van der Waals surface area (Å²) in [6.45, 7) is 0.776. The molecule has 0 aromatic rings. The van der Waals surface area contributed by atoms with Crippen molar-refractivity contribution < 1.29 is 25.9 Å². The van der Waals surface area contributed by atoms with E-state index in [-0.39, 0.29) is 13.1 Å². The average Bonchev–Trinajstić information content (AvgIpc) is 2.13. The van der Waals surface area contributed by atoms with Gasteiger partial charge in [0.05, 0.1) is 11.5 Å². The fourth-order valence-corrected chi connectivity index (χ4v) is 2.12. The Hall–Kier alpha value is -0.260. The number of rotatable bonds is 9. The van der Waals surface area contributed by atoms with Gasteiger partial charge in [-0.3, -0.25) is 9.11 Å². The first-order valence-corrected chi connectivity index (χ1v) is 8.18. The fourth-order valence-electron chi connectivity index (χ4n) is 1.14. The monoisotopic (exact) mass is 290 g/mol. The lowest BCUT2D eigenvalue weighted by Crippen LogP contribution is -2.35. The third kappa shape index (κ3) is 12.0. The van der Waals surface area contributed by atoms with E-state index in [9.17, 15) is 16.8 Å². The lowest BCUT2D eigenvalue weighted by molar-refractivity contribution is 0.298. The van der Waals surface area contributed by atoms with Crippen LogP contribution in [0.25, 0.3) is 0 Å². The van der Waals surface area contributed by atoms with Crippen molar-refractivity contribution in [2.24, 2.45) is 5.73 Å². The van der Waals surface area contributed by atoms with Crippen molar-refractivity contribution in [2.75, 3.05) is 37.7 Å². The molecule has 8 nitrogen and oxygen atoms in total. The highest BCUT2D eigenvalue weighted by Gasteiger charge is 2.13. The quantitative estimate of drug-likeness (QED) is 0.432. The van der Waals surface area contributed by atoms with Crippen molar-refractivity contribution in [3.63, 3.8) is 0 Å². The summed E-state index contributed by atoms with van der Waals surface area (Å²) in [5.74, 6) is -0.966. The summed E-state index contributed by atoms with van der Waals surface area (Å²) in [5.41, 5.74) is 5.28. The Kier molecular flexibility index (Phi) is 7.13. The van der Waals surface area contributed by atoms with Crippen LogP contribution in [0.4, 0.5) is 0 Å². The summed E-state index contributed by atoms with van der Waals surface area (Å²) in [6.07, 6.45) is 0.566. The summed E-state index contributed by atoms with van der Waals surface area (Å²) < 4.78 is 59.3. The van der Waals surface area contributed by atoms with Gasteiger partial charge in [-0.05, 0) is 19.5 Å². The molecular formula is C7H18N2O6S2. The summed E-state index contributed by atoms with van der Waals surface area (Å²) in [6, 6.07) is 0.